The molecule has 118 valence electrons. The van der Waals surface area contributed by atoms with Crippen molar-refractivity contribution in [2.24, 2.45) is 5.73 Å². The molecular weight excluding hydrogens is 403 g/mol. The van der Waals surface area contributed by atoms with Crippen molar-refractivity contribution >= 4 is 32.6 Å². The Morgan fingerprint density at radius 1 is 1.19 bits per heavy atom. The predicted molar refractivity (Wildman–Crippen MR) is 90.5 cm³/mol. The van der Waals surface area contributed by atoms with Gasteiger partial charge >= 0.3 is 0 Å². The van der Waals surface area contributed by atoms with E-state index in [9.17, 15) is 8.42 Å². The summed E-state index contributed by atoms with van der Waals surface area (Å²) in [6, 6.07) is 7.05. The van der Waals surface area contributed by atoms with Gasteiger partial charge in [0.1, 0.15) is 0 Å². The largest absolute Gasteiger partial charge is 0.377 e. The van der Waals surface area contributed by atoms with E-state index in [1.54, 1.807) is 24.3 Å². The Hall–Kier alpha value is -0.220. The van der Waals surface area contributed by atoms with Gasteiger partial charge in [0.2, 0.25) is 10.0 Å². The summed E-state index contributed by atoms with van der Waals surface area (Å²) < 4.78 is 33.4. The van der Waals surface area contributed by atoms with Crippen LogP contribution < -0.4 is 10.5 Å². The van der Waals surface area contributed by atoms with E-state index in [1.807, 2.05) is 0 Å². The van der Waals surface area contributed by atoms with Gasteiger partial charge in [0.25, 0.3) is 0 Å². The van der Waals surface area contributed by atoms with Gasteiger partial charge in [-0.25, -0.2) is 13.1 Å². The van der Waals surface area contributed by atoms with E-state index in [-0.39, 0.29) is 17.5 Å². The van der Waals surface area contributed by atoms with E-state index in [1.165, 1.54) is 0 Å². The lowest BCUT2D eigenvalue weighted by Crippen LogP contribution is -2.33. The molecule has 0 unspecified atom stereocenters. The maximum Gasteiger partial charge on any atom is 0.240 e. The zero-order valence-corrected chi connectivity index (χ0v) is 14.8. The molecule has 1 aliphatic rings. The highest BCUT2D eigenvalue weighted by Gasteiger charge is 2.19. The van der Waals surface area contributed by atoms with E-state index < -0.39 is 10.0 Å². The lowest BCUT2D eigenvalue weighted by molar-refractivity contribution is 0.0287. The van der Waals surface area contributed by atoms with Crippen molar-refractivity contribution in [3.63, 3.8) is 0 Å². The Kier molecular flexibility index (Phi) is 6.42. The molecule has 0 bridgehead atoms. The smallest absolute Gasteiger partial charge is 0.240 e. The number of hydrogen-bond donors (Lipinski definition) is 2. The first-order valence-corrected chi connectivity index (χ1v) is 9.66. The van der Waals surface area contributed by atoms with Crippen LogP contribution >= 0.6 is 22.6 Å². The first-order chi connectivity index (χ1) is 9.97. The second-order valence-electron chi connectivity index (χ2n) is 5.26. The van der Waals surface area contributed by atoms with Gasteiger partial charge < -0.3 is 10.5 Å². The number of rotatable bonds is 6. The van der Waals surface area contributed by atoms with Crippen LogP contribution in [-0.4, -0.2) is 33.7 Å². The summed E-state index contributed by atoms with van der Waals surface area (Å²) in [6.07, 6.45) is 4.11. The molecule has 7 heteroatoms. The maximum absolute atomic E-state index is 12.1. The van der Waals surface area contributed by atoms with Gasteiger partial charge in [0, 0.05) is 16.2 Å². The highest BCUT2D eigenvalue weighted by atomic mass is 127. The molecule has 0 amide bonds. The Morgan fingerprint density at radius 3 is 2.43 bits per heavy atom. The van der Waals surface area contributed by atoms with Gasteiger partial charge in [-0.1, -0.05) is 0 Å². The fourth-order valence-corrected chi connectivity index (χ4v) is 3.73. The molecular formula is C14H21IN2O3S. The third-order valence-corrected chi connectivity index (χ3v) is 5.79. The quantitative estimate of drug-likeness (QED) is 0.540. The number of sulfonamides is 1. The van der Waals surface area contributed by atoms with Gasteiger partial charge in [-0.3, -0.25) is 0 Å². The van der Waals surface area contributed by atoms with Crippen LogP contribution in [0.5, 0.6) is 0 Å². The molecule has 5 nitrogen and oxygen atoms in total. The molecule has 1 aliphatic carbocycles. The molecule has 0 atom stereocenters. The van der Waals surface area contributed by atoms with Crippen molar-refractivity contribution < 1.29 is 13.2 Å². The van der Waals surface area contributed by atoms with Crippen LogP contribution in [0.4, 0.5) is 0 Å². The highest BCUT2D eigenvalue weighted by molar-refractivity contribution is 14.1. The standard InChI is InChI=1S/C14H21IN2O3S/c15-11-1-7-14(8-2-11)21(18,19)17-9-10-20-13-5-3-12(16)4-6-13/h1-2,7-8,12-13,17H,3-6,9-10,16H2. The van der Waals surface area contributed by atoms with Crippen molar-refractivity contribution in [3.8, 4) is 0 Å². The second-order valence-corrected chi connectivity index (χ2v) is 8.27. The summed E-state index contributed by atoms with van der Waals surface area (Å²) in [7, 11) is -3.44. The van der Waals surface area contributed by atoms with Crippen LogP contribution in [-0.2, 0) is 14.8 Å². The van der Waals surface area contributed by atoms with Crippen molar-refractivity contribution in [2.75, 3.05) is 13.2 Å². The number of benzene rings is 1. The topological polar surface area (TPSA) is 81.4 Å². The normalized spacial score (nSPS) is 23.1. The van der Waals surface area contributed by atoms with Crippen molar-refractivity contribution in [2.45, 2.75) is 42.7 Å². The first-order valence-electron chi connectivity index (χ1n) is 7.10. The highest BCUT2D eigenvalue weighted by Crippen LogP contribution is 2.19. The average molecular weight is 424 g/mol. The molecule has 2 rings (SSSR count). The fourth-order valence-electron chi connectivity index (χ4n) is 2.35. The minimum atomic E-state index is -3.44. The predicted octanol–water partition coefficient (Wildman–Crippen LogP) is 1.86. The summed E-state index contributed by atoms with van der Waals surface area (Å²) in [5.41, 5.74) is 5.84. The summed E-state index contributed by atoms with van der Waals surface area (Å²) in [5.74, 6) is 0. The summed E-state index contributed by atoms with van der Waals surface area (Å²) >= 11 is 2.14. The fraction of sp³-hybridized carbons (Fsp3) is 0.571. The Balaban J connectivity index is 1.73. The summed E-state index contributed by atoms with van der Waals surface area (Å²) in [5, 5.41) is 0. The Labute approximate surface area is 139 Å². The van der Waals surface area contributed by atoms with Gasteiger partial charge in [-0.05, 0) is 72.5 Å². The molecule has 1 saturated carbocycles. The molecule has 0 radical (unpaired) electrons. The van der Waals surface area contributed by atoms with Crippen molar-refractivity contribution in [1.29, 1.82) is 0 Å². The molecule has 0 aliphatic heterocycles. The van der Waals surface area contributed by atoms with Gasteiger partial charge in [-0.15, -0.1) is 0 Å². The number of halogens is 1. The minimum Gasteiger partial charge on any atom is -0.377 e. The first kappa shape index (κ1) is 17.1. The molecule has 0 aromatic heterocycles. The van der Waals surface area contributed by atoms with E-state index >= 15 is 0 Å². The Morgan fingerprint density at radius 2 is 1.81 bits per heavy atom. The van der Waals surface area contributed by atoms with E-state index in [0.717, 1.165) is 29.3 Å². The van der Waals surface area contributed by atoms with E-state index in [4.69, 9.17) is 10.5 Å². The average Bonchev–Trinajstić information content (AvgIpc) is 2.46. The molecule has 0 saturated heterocycles. The monoisotopic (exact) mass is 424 g/mol. The summed E-state index contributed by atoms with van der Waals surface area (Å²) in [4.78, 5) is 0.284. The summed E-state index contributed by atoms with van der Waals surface area (Å²) in [6.45, 7) is 0.681. The third kappa shape index (κ3) is 5.48. The molecule has 3 N–H and O–H groups in total. The van der Waals surface area contributed by atoms with Crippen LogP contribution in [0.15, 0.2) is 29.2 Å². The van der Waals surface area contributed by atoms with E-state index in [2.05, 4.69) is 27.3 Å². The van der Waals surface area contributed by atoms with Gasteiger partial charge in [-0.2, -0.15) is 0 Å². The van der Waals surface area contributed by atoms with Crippen LogP contribution in [0.25, 0.3) is 0 Å². The van der Waals surface area contributed by atoms with Crippen molar-refractivity contribution in [1.82, 2.24) is 4.72 Å². The van der Waals surface area contributed by atoms with Crippen LogP contribution in [0, 0.1) is 3.57 Å². The number of nitrogens with one attached hydrogen (secondary N) is 1. The van der Waals surface area contributed by atoms with Gasteiger partial charge in [0.05, 0.1) is 17.6 Å². The number of hydrogen-bond acceptors (Lipinski definition) is 4. The molecule has 1 aromatic rings. The zero-order chi connectivity index (χ0) is 15.3. The Bertz CT molecular complexity index is 540. The lowest BCUT2D eigenvalue weighted by atomic mass is 9.94. The SMILES string of the molecule is NC1CCC(OCCNS(=O)(=O)c2ccc(I)cc2)CC1. The maximum atomic E-state index is 12.1. The lowest BCUT2D eigenvalue weighted by Gasteiger charge is -2.26. The third-order valence-electron chi connectivity index (χ3n) is 3.59. The molecule has 1 fully saturated rings. The zero-order valence-electron chi connectivity index (χ0n) is 11.8. The van der Waals surface area contributed by atoms with Crippen molar-refractivity contribution in [3.05, 3.63) is 27.8 Å². The molecule has 0 heterocycles. The van der Waals surface area contributed by atoms with E-state index in [0.29, 0.717) is 12.6 Å². The minimum absolute atomic E-state index is 0.215. The molecule has 0 spiro atoms. The molecule has 21 heavy (non-hydrogen) atoms. The van der Waals surface area contributed by atoms with Crippen LogP contribution in [0.2, 0.25) is 0 Å². The second kappa shape index (κ2) is 7.87. The van der Waals surface area contributed by atoms with Crippen LogP contribution in [0.1, 0.15) is 25.7 Å². The van der Waals surface area contributed by atoms with Gasteiger partial charge in [0.15, 0.2) is 0 Å². The molecule has 1 aromatic carbocycles. The number of nitrogens with two attached hydrogens (primary N) is 1. The number of ether oxygens (including phenoxy) is 1. The van der Waals surface area contributed by atoms with Crippen LogP contribution in [0.3, 0.4) is 0 Å².